The highest BCUT2D eigenvalue weighted by atomic mass is 32.2. The van der Waals surface area contributed by atoms with Crippen molar-refractivity contribution >= 4 is 50.5 Å². The summed E-state index contributed by atoms with van der Waals surface area (Å²) in [7, 11) is -3.62. The number of aliphatic hydroxyl groups is 1. The Hall–Kier alpha value is -3.18. The monoisotopic (exact) mass is 549 g/mol. The molecular weight excluding hydrogens is 518 g/mol. The number of hydrogen-bond acceptors (Lipinski definition) is 10. The average Bonchev–Trinajstić information content (AvgIpc) is 3.45. The van der Waals surface area contributed by atoms with Gasteiger partial charge in [0.25, 0.3) is 5.56 Å². The van der Waals surface area contributed by atoms with Crippen LogP contribution in [0.5, 0.6) is 0 Å². The number of rotatable bonds is 11. The zero-order chi connectivity index (χ0) is 27.0. The van der Waals surface area contributed by atoms with Gasteiger partial charge in [0.1, 0.15) is 15.3 Å². The lowest BCUT2D eigenvalue weighted by Gasteiger charge is -2.22. The van der Waals surface area contributed by atoms with Crippen LogP contribution in [0.1, 0.15) is 26.7 Å². The molecule has 3 N–H and O–H groups in total. The summed E-state index contributed by atoms with van der Waals surface area (Å²) in [6, 6.07) is 8.44. The van der Waals surface area contributed by atoms with Gasteiger partial charge in [0, 0.05) is 31.0 Å². The lowest BCUT2D eigenvalue weighted by molar-refractivity contribution is -0.136. The van der Waals surface area contributed by atoms with Crippen LogP contribution in [-0.2, 0) is 26.1 Å². The third kappa shape index (κ3) is 7.20. The van der Waals surface area contributed by atoms with Crippen LogP contribution in [0.3, 0.4) is 0 Å². The molecule has 2 heterocycles. The molecule has 0 saturated carbocycles. The lowest BCUT2D eigenvalue weighted by atomic mass is 10.2. The summed E-state index contributed by atoms with van der Waals surface area (Å²) >= 11 is 0.990. The number of nitrogens with one attached hydrogen (secondary N) is 2. The van der Waals surface area contributed by atoms with E-state index in [0.717, 1.165) is 30.7 Å². The number of nitriles is 1. The number of thiazole rings is 1. The van der Waals surface area contributed by atoms with E-state index in [1.165, 1.54) is 10.8 Å². The fourth-order valence-corrected chi connectivity index (χ4v) is 6.20. The van der Waals surface area contributed by atoms with E-state index in [1.807, 2.05) is 11.0 Å². The molecule has 1 aliphatic rings. The molecule has 0 aliphatic carbocycles. The van der Waals surface area contributed by atoms with E-state index in [2.05, 4.69) is 10.0 Å². The van der Waals surface area contributed by atoms with Crippen molar-refractivity contribution in [1.29, 1.82) is 5.26 Å². The predicted octanol–water partition coefficient (Wildman–Crippen LogP) is 0.216. The summed E-state index contributed by atoms with van der Waals surface area (Å²) in [5.41, 5.74) is 0.291. The number of nitrogens with zero attached hydrogens (tertiary/aromatic N) is 3. The van der Waals surface area contributed by atoms with Crippen molar-refractivity contribution in [3.8, 4) is 6.07 Å². The number of benzene rings is 1. The molecule has 1 saturated heterocycles. The summed E-state index contributed by atoms with van der Waals surface area (Å²) < 4.78 is 34.6. The van der Waals surface area contributed by atoms with Gasteiger partial charge in [-0.15, -0.1) is 11.3 Å². The van der Waals surface area contributed by atoms with Crippen molar-refractivity contribution < 1.29 is 23.1 Å². The van der Waals surface area contributed by atoms with Crippen LogP contribution in [0.2, 0.25) is 0 Å². The standard InChI is InChI=1S/C24H31N5O6S2/c1-3-29-22(31)21(36-23(29)20(14-25)24(32)35-4-2)15-26-17-7-5-8-18(13-17)27-37(33,34)12-11-28-10-6-9-19(28)16-30/h5,7-8,13,15,19,26-27,30H,3-4,6,9-12,16H2,1-2H3/t19-/m0/s1. The number of carbonyl (C=O) groups excluding carboxylic acids is 1. The summed E-state index contributed by atoms with van der Waals surface area (Å²) in [6.07, 6.45) is 3.26. The van der Waals surface area contributed by atoms with E-state index in [4.69, 9.17) is 4.74 Å². The number of ether oxygens (including phenoxy) is 1. The van der Waals surface area contributed by atoms with Crippen LogP contribution in [0, 0.1) is 11.3 Å². The minimum atomic E-state index is -3.62. The smallest absolute Gasteiger partial charge is 0.351 e. The Morgan fingerprint density at radius 1 is 1.35 bits per heavy atom. The maximum Gasteiger partial charge on any atom is 0.351 e. The Kier molecular flexibility index (Phi) is 9.87. The fourth-order valence-electron chi connectivity index (χ4n) is 4.06. The molecule has 1 fully saturated rings. The Bertz CT molecular complexity index is 1440. The number of carbonyl (C=O) groups is 1. The van der Waals surface area contributed by atoms with Crippen molar-refractivity contribution in [3.05, 3.63) is 43.8 Å². The van der Waals surface area contributed by atoms with Crippen molar-refractivity contribution in [1.82, 2.24) is 9.47 Å². The van der Waals surface area contributed by atoms with Gasteiger partial charge in [0.15, 0.2) is 5.57 Å². The molecule has 1 atom stereocenters. The first-order chi connectivity index (χ1) is 17.7. The van der Waals surface area contributed by atoms with Crippen LogP contribution >= 0.6 is 11.3 Å². The molecule has 2 aromatic rings. The Morgan fingerprint density at radius 2 is 2.11 bits per heavy atom. The van der Waals surface area contributed by atoms with Gasteiger partial charge in [-0.05, 0) is 51.4 Å². The molecule has 0 bridgehead atoms. The van der Waals surface area contributed by atoms with Gasteiger partial charge in [0.05, 0.1) is 24.7 Å². The lowest BCUT2D eigenvalue weighted by Crippen LogP contribution is -2.36. The Morgan fingerprint density at radius 3 is 2.78 bits per heavy atom. The van der Waals surface area contributed by atoms with Crippen molar-refractivity contribution in [2.75, 3.05) is 42.1 Å². The van der Waals surface area contributed by atoms with Gasteiger partial charge in [0.2, 0.25) is 10.0 Å². The van der Waals surface area contributed by atoms with E-state index < -0.39 is 16.0 Å². The maximum absolute atomic E-state index is 12.8. The number of aliphatic hydroxyl groups excluding tert-OH is 1. The molecule has 200 valence electrons. The second-order valence-electron chi connectivity index (χ2n) is 8.33. The molecule has 0 radical (unpaired) electrons. The molecule has 3 rings (SSSR count). The third-order valence-electron chi connectivity index (χ3n) is 5.89. The molecule has 13 heteroatoms. The second-order valence-corrected chi connectivity index (χ2v) is 11.2. The number of hydrogen-bond donors (Lipinski definition) is 3. The highest BCUT2D eigenvalue weighted by Crippen LogP contribution is 2.18. The van der Waals surface area contributed by atoms with Crippen molar-refractivity contribution in [2.45, 2.75) is 39.3 Å². The highest BCUT2D eigenvalue weighted by molar-refractivity contribution is 7.92. The molecule has 1 aromatic carbocycles. The molecular formula is C24H31N5O6S2. The van der Waals surface area contributed by atoms with Crippen LogP contribution in [0.25, 0.3) is 11.8 Å². The topological polar surface area (TPSA) is 154 Å². The predicted molar refractivity (Wildman–Crippen MR) is 143 cm³/mol. The quantitative estimate of drug-likeness (QED) is 0.334. The molecule has 1 aliphatic heterocycles. The summed E-state index contributed by atoms with van der Waals surface area (Å²) in [5, 5.41) is 21.9. The normalized spacial score (nSPS) is 17.4. The number of aromatic nitrogens is 1. The summed E-state index contributed by atoms with van der Waals surface area (Å²) in [6.45, 7) is 4.86. The van der Waals surface area contributed by atoms with Gasteiger partial charge in [-0.2, -0.15) is 5.26 Å². The van der Waals surface area contributed by atoms with E-state index in [0.29, 0.717) is 17.9 Å². The molecule has 0 unspecified atom stereocenters. The van der Waals surface area contributed by atoms with Crippen LogP contribution in [0.4, 0.5) is 11.4 Å². The number of esters is 1. The maximum atomic E-state index is 12.8. The van der Waals surface area contributed by atoms with Crippen molar-refractivity contribution in [3.63, 3.8) is 0 Å². The highest BCUT2D eigenvalue weighted by Gasteiger charge is 2.25. The molecule has 37 heavy (non-hydrogen) atoms. The summed E-state index contributed by atoms with van der Waals surface area (Å²) in [4.78, 5) is 27.0. The SMILES string of the molecule is CCOC(=O)C(C#N)=c1sc(=CNc2cccc(NS(=O)(=O)CCN3CCC[C@H]3CO)c2)c(=O)n1CC. The van der Waals surface area contributed by atoms with Gasteiger partial charge in [-0.1, -0.05) is 6.07 Å². The van der Waals surface area contributed by atoms with Gasteiger partial charge < -0.3 is 15.2 Å². The molecule has 11 nitrogen and oxygen atoms in total. The van der Waals surface area contributed by atoms with Gasteiger partial charge in [-0.25, -0.2) is 13.2 Å². The summed E-state index contributed by atoms with van der Waals surface area (Å²) in [5.74, 6) is -0.885. The minimum absolute atomic E-state index is 0.00690. The first kappa shape index (κ1) is 28.4. The van der Waals surface area contributed by atoms with E-state index in [9.17, 15) is 28.4 Å². The zero-order valence-corrected chi connectivity index (χ0v) is 22.4. The number of likely N-dealkylation sites (tertiary alicyclic amines) is 1. The van der Waals surface area contributed by atoms with Gasteiger partial charge >= 0.3 is 5.97 Å². The van der Waals surface area contributed by atoms with Crippen molar-refractivity contribution in [2.24, 2.45) is 0 Å². The zero-order valence-electron chi connectivity index (χ0n) is 20.8. The minimum Gasteiger partial charge on any atom is -0.462 e. The van der Waals surface area contributed by atoms with E-state index in [1.54, 1.807) is 38.1 Å². The molecule has 0 amide bonds. The Labute approximate surface area is 219 Å². The first-order valence-electron chi connectivity index (χ1n) is 12.0. The van der Waals surface area contributed by atoms with Crippen LogP contribution in [0.15, 0.2) is 29.1 Å². The largest absolute Gasteiger partial charge is 0.462 e. The average molecular weight is 550 g/mol. The first-order valence-corrected chi connectivity index (χ1v) is 14.4. The fraction of sp³-hybridized carbons (Fsp3) is 0.458. The molecule has 1 aromatic heterocycles. The Balaban J connectivity index is 1.79. The number of sulfonamides is 1. The van der Waals surface area contributed by atoms with E-state index in [-0.39, 0.29) is 51.9 Å². The molecule has 0 spiro atoms. The second kappa shape index (κ2) is 12.9. The van der Waals surface area contributed by atoms with Gasteiger partial charge in [-0.3, -0.25) is 19.0 Å². The number of anilines is 2. The third-order valence-corrected chi connectivity index (χ3v) is 8.29. The van der Waals surface area contributed by atoms with Crippen LogP contribution < -0.4 is 24.8 Å². The van der Waals surface area contributed by atoms with E-state index >= 15 is 0 Å². The van der Waals surface area contributed by atoms with Crippen LogP contribution in [-0.4, -0.2) is 67.1 Å².